The molecule has 2 atom stereocenters. The van der Waals surface area contributed by atoms with Crippen molar-refractivity contribution in [3.05, 3.63) is 69.5 Å². The highest BCUT2D eigenvalue weighted by molar-refractivity contribution is 6.31. The van der Waals surface area contributed by atoms with E-state index in [9.17, 15) is 22.4 Å². The molecule has 144 valence electrons. The van der Waals surface area contributed by atoms with Crippen molar-refractivity contribution in [3.63, 3.8) is 0 Å². The molecule has 1 amide bonds. The van der Waals surface area contributed by atoms with E-state index in [2.05, 4.69) is 0 Å². The van der Waals surface area contributed by atoms with Gasteiger partial charge in [0.2, 0.25) is 0 Å². The van der Waals surface area contributed by atoms with Crippen molar-refractivity contribution in [2.75, 3.05) is 0 Å². The first-order chi connectivity index (χ1) is 12.6. The van der Waals surface area contributed by atoms with Gasteiger partial charge >= 0.3 is 12.3 Å². The highest BCUT2D eigenvalue weighted by Gasteiger charge is 2.41. The maximum atomic E-state index is 13.2. The van der Waals surface area contributed by atoms with Crippen LogP contribution >= 0.6 is 11.6 Å². The second kappa shape index (κ2) is 7.03. The molecule has 1 fully saturated rings. The third-order valence-corrected chi connectivity index (χ3v) is 4.86. The lowest BCUT2D eigenvalue weighted by Gasteiger charge is -2.22. The van der Waals surface area contributed by atoms with Gasteiger partial charge in [-0.1, -0.05) is 29.3 Å². The third kappa shape index (κ3) is 4.03. The predicted octanol–water partition coefficient (Wildman–Crippen LogP) is 5.89. The van der Waals surface area contributed by atoms with Gasteiger partial charge in [0.15, 0.2) is 0 Å². The molecule has 27 heavy (non-hydrogen) atoms. The molecule has 0 bridgehead atoms. The fourth-order valence-electron chi connectivity index (χ4n) is 3.13. The second-order valence-electron chi connectivity index (χ2n) is 6.54. The van der Waals surface area contributed by atoms with Crippen molar-refractivity contribution in [1.82, 2.24) is 4.90 Å². The molecule has 0 saturated carbocycles. The first-order valence-electron chi connectivity index (χ1n) is 8.16. The molecule has 1 saturated heterocycles. The van der Waals surface area contributed by atoms with Crippen molar-refractivity contribution in [3.8, 4) is 0 Å². The number of hydrogen-bond donors (Lipinski definition) is 0. The minimum atomic E-state index is -4.49. The Labute approximate surface area is 158 Å². The summed E-state index contributed by atoms with van der Waals surface area (Å²) in [6.07, 6.45) is -6.01. The van der Waals surface area contributed by atoms with E-state index in [0.29, 0.717) is 11.1 Å². The molecular formula is C19H16ClF4NO2. The number of nitrogens with zero attached hydrogens (tertiary/aromatic N) is 1. The van der Waals surface area contributed by atoms with Gasteiger partial charge in [-0.25, -0.2) is 9.18 Å². The Morgan fingerprint density at radius 1 is 1.19 bits per heavy atom. The second-order valence-corrected chi connectivity index (χ2v) is 6.95. The number of halogens is 5. The van der Waals surface area contributed by atoms with Crippen molar-refractivity contribution in [1.29, 1.82) is 0 Å². The number of cyclic esters (lactones) is 1. The van der Waals surface area contributed by atoms with E-state index >= 15 is 0 Å². The molecule has 1 heterocycles. The van der Waals surface area contributed by atoms with Crippen LogP contribution in [0.15, 0.2) is 36.4 Å². The van der Waals surface area contributed by atoms with Gasteiger partial charge in [-0.15, -0.1) is 0 Å². The number of carbonyl (C=O) groups excluding carboxylic acids is 1. The maximum Gasteiger partial charge on any atom is 0.416 e. The smallest absolute Gasteiger partial charge is 0.416 e. The van der Waals surface area contributed by atoms with Crippen LogP contribution in [0.3, 0.4) is 0 Å². The van der Waals surface area contributed by atoms with Crippen molar-refractivity contribution in [2.24, 2.45) is 0 Å². The van der Waals surface area contributed by atoms with E-state index in [1.165, 1.54) is 17.0 Å². The number of aryl methyl sites for hydroxylation is 1. The van der Waals surface area contributed by atoms with Gasteiger partial charge in [-0.3, -0.25) is 4.90 Å². The molecular weight excluding hydrogens is 386 g/mol. The van der Waals surface area contributed by atoms with Gasteiger partial charge in [0.05, 0.1) is 18.2 Å². The number of alkyl halides is 3. The van der Waals surface area contributed by atoms with Gasteiger partial charge in [-0.2, -0.15) is 13.2 Å². The first-order valence-corrected chi connectivity index (χ1v) is 8.54. The van der Waals surface area contributed by atoms with E-state index in [1.807, 2.05) is 0 Å². The van der Waals surface area contributed by atoms with Crippen LogP contribution < -0.4 is 0 Å². The summed E-state index contributed by atoms with van der Waals surface area (Å²) >= 11 is 6.00. The number of benzene rings is 2. The molecule has 2 aromatic rings. The standard InChI is InChI=1S/C19H16ClF4NO2/c1-10-5-13(7-14(6-10)19(22,23)24)17-11(2)25(18(26)27-17)9-12-3-4-15(21)8-16(12)20/h3-8,11,17H,9H2,1-2H3/t11-,17-/m0/s1. The first kappa shape index (κ1) is 19.5. The maximum absolute atomic E-state index is 13.2. The number of hydrogen-bond acceptors (Lipinski definition) is 2. The lowest BCUT2D eigenvalue weighted by atomic mass is 9.98. The quantitative estimate of drug-likeness (QED) is 0.600. The van der Waals surface area contributed by atoms with E-state index < -0.39 is 35.8 Å². The molecule has 0 spiro atoms. The highest BCUT2D eigenvalue weighted by Crippen LogP contribution is 2.38. The van der Waals surface area contributed by atoms with Gasteiger partial charge in [0.25, 0.3) is 0 Å². The predicted molar refractivity (Wildman–Crippen MR) is 91.8 cm³/mol. The summed E-state index contributed by atoms with van der Waals surface area (Å²) < 4.78 is 57.8. The molecule has 0 N–H and O–H groups in total. The van der Waals surface area contributed by atoms with Crippen LogP contribution in [0.25, 0.3) is 0 Å². The summed E-state index contributed by atoms with van der Waals surface area (Å²) in [5, 5.41) is 0.161. The molecule has 8 heteroatoms. The van der Waals surface area contributed by atoms with Gasteiger partial charge < -0.3 is 4.74 Å². The zero-order chi connectivity index (χ0) is 19.9. The number of ether oxygens (including phenoxy) is 1. The molecule has 0 aliphatic carbocycles. The Hall–Kier alpha value is -2.28. The van der Waals surface area contributed by atoms with E-state index in [0.717, 1.165) is 18.2 Å². The lowest BCUT2D eigenvalue weighted by molar-refractivity contribution is -0.137. The topological polar surface area (TPSA) is 29.5 Å². The van der Waals surface area contributed by atoms with E-state index in [1.54, 1.807) is 19.9 Å². The van der Waals surface area contributed by atoms with Crippen LogP contribution in [0.2, 0.25) is 5.02 Å². The molecule has 0 unspecified atom stereocenters. The minimum absolute atomic E-state index is 0.0631. The summed E-state index contributed by atoms with van der Waals surface area (Å²) in [4.78, 5) is 13.6. The number of rotatable bonds is 3. The van der Waals surface area contributed by atoms with Crippen LogP contribution in [0.4, 0.5) is 22.4 Å². The zero-order valence-corrected chi connectivity index (χ0v) is 15.2. The normalized spacial score (nSPS) is 20.1. The average Bonchev–Trinajstić information content (AvgIpc) is 2.84. The van der Waals surface area contributed by atoms with Crippen molar-refractivity contribution in [2.45, 2.75) is 38.7 Å². The molecule has 1 aliphatic rings. The molecule has 3 nitrogen and oxygen atoms in total. The Morgan fingerprint density at radius 3 is 2.52 bits per heavy atom. The van der Waals surface area contributed by atoms with Crippen LogP contribution in [0.5, 0.6) is 0 Å². The zero-order valence-electron chi connectivity index (χ0n) is 14.5. The Morgan fingerprint density at radius 2 is 1.89 bits per heavy atom. The fourth-order valence-corrected chi connectivity index (χ4v) is 3.36. The monoisotopic (exact) mass is 401 g/mol. The molecule has 0 radical (unpaired) electrons. The molecule has 0 aromatic heterocycles. The van der Waals surface area contributed by atoms with Gasteiger partial charge in [-0.05, 0) is 49.2 Å². The van der Waals surface area contributed by atoms with Crippen LogP contribution in [-0.2, 0) is 17.5 Å². The Bertz CT molecular complexity index is 884. The largest absolute Gasteiger partial charge is 0.439 e. The molecule has 2 aromatic carbocycles. The molecule has 1 aliphatic heterocycles. The van der Waals surface area contributed by atoms with E-state index in [4.69, 9.17) is 16.3 Å². The minimum Gasteiger partial charge on any atom is -0.439 e. The van der Waals surface area contributed by atoms with Crippen LogP contribution in [-0.4, -0.2) is 17.0 Å². The third-order valence-electron chi connectivity index (χ3n) is 4.50. The summed E-state index contributed by atoms with van der Waals surface area (Å²) in [6.45, 7) is 3.30. The summed E-state index contributed by atoms with van der Waals surface area (Å²) in [5.41, 5.74) is 0.419. The Kier molecular flexibility index (Phi) is 5.08. The van der Waals surface area contributed by atoms with Gasteiger partial charge in [0.1, 0.15) is 11.9 Å². The van der Waals surface area contributed by atoms with Gasteiger partial charge in [0, 0.05) is 5.02 Å². The summed E-state index contributed by atoms with van der Waals surface area (Å²) in [5.74, 6) is -0.502. The van der Waals surface area contributed by atoms with Crippen molar-refractivity contribution >= 4 is 17.7 Å². The fraction of sp³-hybridized carbons (Fsp3) is 0.316. The number of carbonyl (C=O) groups is 1. The highest BCUT2D eigenvalue weighted by atomic mass is 35.5. The summed E-state index contributed by atoms with van der Waals surface area (Å²) in [6, 6.07) is 6.90. The lowest BCUT2D eigenvalue weighted by Crippen LogP contribution is -2.31. The van der Waals surface area contributed by atoms with Crippen LogP contribution in [0, 0.1) is 12.7 Å². The van der Waals surface area contributed by atoms with Crippen LogP contribution in [0.1, 0.15) is 35.3 Å². The van der Waals surface area contributed by atoms with Crippen molar-refractivity contribution < 1.29 is 27.1 Å². The Balaban J connectivity index is 1.88. The van der Waals surface area contributed by atoms with E-state index in [-0.39, 0.29) is 17.1 Å². The number of amides is 1. The summed E-state index contributed by atoms with van der Waals surface area (Å²) in [7, 11) is 0. The molecule has 3 rings (SSSR count). The SMILES string of the molecule is Cc1cc([C@H]2OC(=O)N(Cc3ccc(F)cc3Cl)[C@H]2C)cc(C(F)(F)F)c1. The average molecular weight is 402 g/mol.